The van der Waals surface area contributed by atoms with Gasteiger partial charge in [-0.05, 0) is 48.9 Å². The fourth-order valence-corrected chi connectivity index (χ4v) is 5.52. The number of nitrogens with two attached hydrogens (primary N) is 1. The molecule has 0 fully saturated rings. The number of aromatic nitrogens is 2. The van der Waals surface area contributed by atoms with Crippen LogP contribution in [-0.2, 0) is 23.0 Å². The second-order valence-corrected chi connectivity index (χ2v) is 10.2. The van der Waals surface area contributed by atoms with Crippen LogP contribution in [-0.4, -0.2) is 18.0 Å². The Kier molecular flexibility index (Phi) is 5.55. The van der Waals surface area contributed by atoms with Gasteiger partial charge in [0.15, 0.2) is 0 Å². The van der Waals surface area contributed by atoms with E-state index in [2.05, 4.69) is 29.5 Å². The van der Waals surface area contributed by atoms with Gasteiger partial charge in [0.25, 0.3) is 0 Å². The number of primary sulfonamides is 1. The molecule has 0 amide bonds. The second-order valence-electron chi connectivity index (χ2n) is 7.30. The van der Waals surface area contributed by atoms with Crippen LogP contribution < -0.4 is 5.14 Å². The van der Waals surface area contributed by atoms with Crippen LogP contribution in [0, 0.1) is 19.8 Å². The Balaban J connectivity index is 2.00. The molecule has 27 heavy (non-hydrogen) atoms. The predicted molar refractivity (Wildman–Crippen MR) is 110 cm³/mol. The number of nitrogens with zero attached hydrogens (tertiary/aromatic N) is 2. The lowest BCUT2D eigenvalue weighted by Gasteiger charge is -2.11. The summed E-state index contributed by atoms with van der Waals surface area (Å²) in [6, 6.07) is 8.04. The number of sulfonamides is 1. The van der Waals surface area contributed by atoms with Crippen LogP contribution in [0.25, 0.3) is 11.1 Å². The number of rotatable bonds is 6. The molecule has 0 aliphatic carbocycles. The number of thiophene rings is 1. The highest BCUT2D eigenvalue weighted by Crippen LogP contribution is 2.36. The summed E-state index contributed by atoms with van der Waals surface area (Å²) in [6.07, 6.45) is 4.59. The van der Waals surface area contributed by atoms with Crippen LogP contribution >= 0.6 is 11.3 Å². The Labute approximate surface area is 164 Å². The Morgan fingerprint density at radius 2 is 1.96 bits per heavy atom. The summed E-state index contributed by atoms with van der Waals surface area (Å²) in [5.41, 5.74) is 3.87. The molecule has 0 aliphatic rings. The van der Waals surface area contributed by atoms with Gasteiger partial charge in [0.1, 0.15) is 10.0 Å². The van der Waals surface area contributed by atoms with Gasteiger partial charge < -0.3 is 4.57 Å². The van der Waals surface area contributed by atoms with E-state index >= 15 is 0 Å². The Hall–Kier alpha value is -1.96. The van der Waals surface area contributed by atoms with E-state index in [0.29, 0.717) is 11.5 Å². The van der Waals surface area contributed by atoms with Crippen molar-refractivity contribution in [1.82, 2.24) is 9.55 Å². The van der Waals surface area contributed by atoms with E-state index in [1.165, 1.54) is 16.9 Å². The molecular weight excluding hydrogens is 378 g/mol. The number of hydrogen-bond donors (Lipinski definition) is 1. The molecule has 2 aromatic heterocycles. The van der Waals surface area contributed by atoms with Gasteiger partial charge in [0, 0.05) is 29.4 Å². The van der Waals surface area contributed by atoms with Gasteiger partial charge in [0.2, 0.25) is 10.0 Å². The molecule has 5 nitrogen and oxygen atoms in total. The third-order valence-electron chi connectivity index (χ3n) is 4.53. The van der Waals surface area contributed by atoms with Crippen LogP contribution in [0.3, 0.4) is 0 Å². The van der Waals surface area contributed by atoms with E-state index in [9.17, 15) is 8.42 Å². The van der Waals surface area contributed by atoms with Crippen molar-refractivity contribution >= 4 is 21.4 Å². The van der Waals surface area contributed by atoms with E-state index in [1.807, 2.05) is 38.2 Å². The fraction of sp³-hybridized carbons (Fsp3) is 0.350. The topological polar surface area (TPSA) is 78.0 Å². The normalized spacial score (nSPS) is 12.1. The van der Waals surface area contributed by atoms with Crippen LogP contribution in [0.5, 0.6) is 0 Å². The molecule has 2 heterocycles. The van der Waals surface area contributed by atoms with Gasteiger partial charge in [-0.3, -0.25) is 0 Å². The highest BCUT2D eigenvalue weighted by atomic mass is 32.2. The van der Waals surface area contributed by atoms with Crippen LogP contribution in [0.15, 0.2) is 40.9 Å². The zero-order valence-electron chi connectivity index (χ0n) is 16.1. The number of imidazole rings is 1. The van der Waals surface area contributed by atoms with Gasteiger partial charge in [-0.15, -0.1) is 11.3 Å². The summed E-state index contributed by atoms with van der Waals surface area (Å²) < 4.78 is 26.5. The Morgan fingerprint density at radius 3 is 2.52 bits per heavy atom. The largest absolute Gasteiger partial charge is 0.331 e. The number of hydrogen-bond acceptors (Lipinski definition) is 4. The third kappa shape index (κ3) is 4.48. The molecule has 144 valence electrons. The minimum Gasteiger partial charge on any atom is -0.331 e. The maximum absolute atomic E-state index is 12.1. The standard InChI is InChI=1S/C20H25N3O2S2/c1-13(2)9-18-11-19(20(26-18)27(21,24)25)16-5-6-17(14(3)10-16)12-23-8-7-22-15(23)4/h5-8,10-11,13H,9,12H2,1-4H3,(H2,21,24,25). The van der Waals surface area contributed by atoms with E-state index in [-0.39, 0.29) is 4.21 Å². The summed E-state index contributed by atoms with van der Waals surface area (Å²) in [5.74, 6) is 1.42. The summed E-state index contributed by atoms with van der Waals surface area (Å²) in [7, 11) is -3.76. The van der Waals surface area contributed by atoms with Crippen molar-refractivity contribution in [3.8, 4) is 11.1 Å². The molecule has 2 N–H and O–H groups in total. The van der Waals surface area contributed by atoms with Gasteiger partial charge in [-0.1, -0.05) is 32.0 Å². The van der Waals surface area contributed by atoms with E-state index < -0.39 is 10.0 Å². The average Bonchev–Trinajstić information content (AvgIpc) is 3.15. The van der Waals surface area contributed by atoms with Crippen molar-refractivity contribution in [3.63, 3.8) is 0 Å². The van der Waals surface area contributed by atoms with Crippen molar-refractivity contribution in [2.24, 2.45) is 11.1 Å². The van der Waals surface area contributed by atoms with Gasteiger partial charge in [-0.2, -0.15) is 0 Å². The Morgan fingerprint density at radius 1 is 1.22 bits per heavy atom. The molecule has 0 radical (unpaired) electrons. The molecule has 0 spiro atoms. The van der Waals surface area contributed by atoms with Crippen LogP contribution in [0.1, 0.15) is 35.7 Å². The lowest BCUT2D eigenvalue weighted by atomic mass is 10.0. The monoisotopic (exact) mass is 403 g/mol. The maximum Gasteiger partial charge on any atom is 0.248 e. The molecule has 3 aromatic rings. The predicted octanol–water partition coefficient (Wildman–Crippen LogP) is 4.12. The molecule has 0 saturated carbocycles. The molecule has 0 aliphatic heterocycles. The summed E-state index contributed by atoms with van der Waals surface area (Å²) in [4.78, 5) is 5.30. The highest BCUT2D eigenvalue weighted by Gasteiger charge is 2.21. The van der Waals surface area contributed by atoms with Gasteiger partial charge in [-0.25, -0.2) is 18.5 Å². The minimum absolute atomic E-state index is 0.246. The first-order valence-corrected chi connectivity index (χ1v) is 11.2. The highest BCUT2D eigenvalue weighted by molar-refractivity contribution is 7.91. The van der Waals surface area contributed by atoms with Gasteiger partial charge in [0.05, 0.1) is 0 Å². The van der Waals surface area contributed by atoms with E-state index in [0.717, 1.165) is 34.8 Å². The summed E-state index contributed by atoms with van der Waals surface area (Å²) >= 11 is 1.28. The third-order valence-corrected chi connectivity index (χ3v) is 7.17. The molecule has 0 atom stereocenters. The quantitative estimate of drug-likeness (QED) is 0.672. The first-order valence-electron chi connectivity index (χ1n) is 8.88. The number of aryl methyl sites for hydroxylation is 2. The molecule has 0 unspecified atom stereocenters. The minimum atomic E-state index is -3.76. The van der Waals surface area contributed by atoms with Crippen molar-refractivity contribution in [2.45, 2.75) is 44.9 Å². The van der Waals surface area contributed by atoms with Gasteiger partial charge >= 0.3 is 0 Å². The van der Waals surface area contributed by atoms with Crippen molar-refractivity contribution < 1.29 is 8.42 Å². The van der Waals surface area contributed by atoms with E-state index in [1.54, 1.807) is 6.20 Å². The number of benzene rings is 1. The van der Waals surface area contributed by atoms with Crippen molar-refractivity contribution in [3.05, 3.63) is 58.5 Å². The molecule has 7 heteroatoms. The Bertz CT molecular complexity index is 1060. The summed E-state index contributed by atoms with van der Waals surface area (Å²) in [6.45, 7) is 9.00. The molecule has 0 saturated heterocycles. The first kappa shape index (κ1) is 19.8. The van der Waals surface area contributed by atoms with Crippen molar-refractivity contribution in [2.75, 3.05) is 0 Å². The summed E-state index contributed by atoms with van der Waals surface area (Å²) in [5, 5.41) is 5.49. The zero-order valence-corrected chi connectivity index (χ0v) is 17.7. The smallest absolute Gasteiger partial charge is 0.248 e. The molecule has 0 bridgehead atoms. The SMILES string of the molecule is Cc1cc(-c2cc(CC(C)C)sc2S(N)(=O)=O)ccc1Cn1ccnc1C. The maximum atomic E-state index is 12.1. The first-order chi connectivity index (χ1) is 12.6. The molecule has 1 aromatic carbocycles. The molecule has 3 rings (SSSR count). The van der Waals surface area contributed by atoms with Crippen LogP contribution in [0.4, 0.5) is 0 Å². The van der Waals surface area contributed by atoms with E-state index in [4.69, 9.17) is 5.14 Å². The lowest BCUT2D eigenvalue weighted by molar-refractivity contribution is 0.600. The molecular formula is C20H25N3O2S2. The lowest BCUT2D eigenvalue weighted by Crippen LogP contribution is -2.11. The second kappa shape index (κ2) is 7.58. The average molecular weight is 404 g/mol. The van der Waals surface area contributed by atoms with Crippen LogP contribution in [0.2, 0.25) is 0 Å². The van der Waals surface area contributed by atoms with Crippen molar-refractivity contribution in [1.29, 1.82) is 0 Å². The zero-order chi connectivity index (χ0) is 19.8. The fourth-order valence-electron chi connectivity index (χ4n) is 3.13.